The third-order valence-corrected chi connectivity index (χ3v) is 3.35. The van der Waals surface area contributed by atoms with E-state index in [-0.39, 0.29) is 11.9 Å². The molecule has 19 heavy (non-hydrogen) atoms. The van der Waals surface area contributed by atoms with Crippen LogP contribution in [0.2, 0.25) is 0 Å². The van der Waals surface area contributed by atoms with E-state index < -0.39 is 5.54 Å². The Hall–Kier alpha value is -1.71. The fraction of sp³-hybridized carbons (Fsp3) is 0.533. The Kier molecular flexibility index (Phi) is 5.21. The molecule has 0 fully saturated rings. The van der Waals surface area contributed by atoms with Gasteiger partial charge in [-0.2, -0.15) is 0 Å². The largest absolute Gasteiger partial charge is 0.497 e. The summed E-state index contributed by atoms with van der Waals surface area (Å²) in [5.41, 5.74) is 0.120. The Morgan fingerprint density at radius 3 is 2.32 bits per heavy atom. The van der Waals surface area contributed by atoms with Gasteiger partial charge in [0.2, 0.25) is 0 Å². The first kappa shape index (κ1) is 15.3. The summed E-state index contributed by atoms with van der Waals surface area (Å²) < 4.78 is 10.3. The number of esters is 1. The fourth-order valence-electron chi connectivity index (χ4n) is 1.69. The van der Waals surface area contributed by atoms with E-state index in [2.05, 4.69) is 5.32 Å². The minimum absolute atomic E-state index is 0.105. The van der Waals surface area contributed by atoms with Gasteiger partial charge in [0, 0.05) is 5.69 Å². The van der Waals surface area contributed by atoms with Crippen LogP contribution < -0.4 is 10.1 Å². The standard InChI is InChI=1S/C15H23NO3/c1-6-19-14(17)15(4,11(2)3)16-12-7-9-13(18-5)10-8-12/h7-11,16H,6H2,1-5H3. The zero-order valence-corrected chi connectivity index (χ0v) is 12.3. The molecule has 1 aromatic carbocycles. The molecule has 0 amide bonds. The van der Waals surface area contributed by atoms with Crippen molar-refractivity contribution in [3.63, 3.8) is 0 Å². The van der Waals surface area contributed by atoms with Crippen molar-refractivity contribution in [1.29, 1.82) is 0 Å². The van der Waals surface area contributed by atoms with Crippen molar-refractivity contribution >= 4 is 11.7 Å². The highest BCUT2D eigenvalue weighted by Gasteiger charge is 2.38. The molecule has 0 aliphatic heterocycles. The molecule has 0 saturated carbocycles. The average Bonchev–Trinajstić information content (AvgIpc) is 2.39. The molecule has 1 aromatic rings. The van der Waals surface area contributed by atoms with Crippen LogP contribution in [-0.2, 0) is 9.53 Å². The first-order valence-corrected chi connectivity index (χ1v) is 6.53. The highest BCUT2D eigenvalue weighted by Crippen LogP contribution is 2.25. The van der Waals surface area contributed by atoms with Gasteiger partial charge in [0.05, 0.1) is 13.7 Å². The first-order valence-electron chi connectivity index (χ1n) is 6.53. The van der Waals surface area contributed by atoms with Crippen molar-refractivity contribution < 1.29 is 14.3 Å². The second-order valence-electron chi connectivity index (χ2n) is 4.93. The Bertz CT molecular complexity index is 414. The zero-order valence-electron chi connectivity index (χ0n) is 12.3. The molecule has 0 bridgehead atoms. The van der Waals surface area contributed by atoms with Gasteiger partial charge < -0.3 is 14.8 Å². The molecule has 0 aliphatic carbocycles. The van der Waals surface area contributed by atoms with Gasteiger partial charge >= 0.3 is 5.97 Å². The molecule has 4 nitrogen and oxygen atoms in total. The van der Waals surface area contributed by atoms with E-state index in [0.717, 1.165) is 11.4 Å². The summed E-state index contributed by atoms with van der Waals surface area (Å²) >= 11 is 0. The smallest absolute Gasteiger partial charge is 0.331 e. The SMILES string of the molecule is CCOC(=O)C(C)(Nc1ccc(OC)cc1)C(C)C. The lowest BCUT2D eigenvalue weighted by Gasteiger charge is -2.33. The maximum atomic E-state index is 12.1. The summed E-state index contributed by atoms with van der Waals surface area (Å²) in [7, 11) is 1.62. The molecule has 0 radical (unpaired) electrons. The van der Waals surface area contributed by atoms with Crippen LogP contribution >= 0.6 is 0 Å². The van der Waals surface area contributed by atoms with Crippen molar-refractivity contribution in [2.24, 2.45) is 5.92 Å². The summed E-state index contributed by atoms with van der Waals surface area (Å²) in [6, 6.07) is 7.49. The van der Waals surface area contributed by atoms with E-state index in [4.69, 9.17) is 9.47 Å². The second-order valence-corrected chi connectivity index (χ2v) is 4.93. The van der Waals surface area contributed by atoms with Crippen LogP contribution in [0.15, 0.2) is 24.3 Å². The molecule has 1 atom stereocenters. The number of benzene rings is 1. The number of nitrogens with one attached hydrogen (secondary N) is 1. The highest BCUT2D eigenvalue weighted by molar-refractivity contribution is 5.84. The van der Waals surface area contributed by atoms with Crippen LogP contribution in [0.5, 0.6) is 5.75 Å². The summed E-state index contributed by atoms with van der Waals surface area (Å²) in [4.78, 5) is 12.1. The van der Waals surface area contributed by atoms with Gasteiger partial charge in [0.25, 0.3) is 0 Å². The molecule has 1 rings (SSSR count). The van der Waals surface area contributed by atoms with E-state index >= 15 is 0 Å². The second kappa shape index (κ2) is 6.45. The summed E-state index contributed by atoms with van der Waals surface area (Å²) in [6.45, 7) is 8.04. The Morgan fingerprint density at radius 1 is 1.32 bits per heavy atom. The highest BCUT2D eigenvalue weighted by atomic mass is 16.5. The van der Waals surface area contributed by atoms with Crippen LogP contribution in [0.25, 0.3) is 0 Å². The number of methoxy groups -OCH3 is 1. The minimum Gasteiger partial charge on any atom is -0.497 e. The molecule has 0 spiro atoms. The third-order valence-electron chi connectivity index (χ3n) is 3.35. The van der Waals surface area contributed by atoms with Crippen molar-refractivity contribution in [1.82, 2.24) is 0 Å². The van der Waals surface area contributed by atoms with Crippen molar-refractivity contribution in [2.75, 3.05) is 19.0 Å². The van der Waals surface area contributed by atoms with Crippen molar-refractivity contribution in [3.05, 3.63) is 24.3 Å². The maximum absolute atomic E-state index is 12.1. The topological polar surface area (TPSA) is 47.6 Å². The van der Waals surface area contributed by atoms with Gasteiger partial charge in [0.1, 0.15) is 11.3 Å². The number of ether oxygens (including phenoxy) is 2. The average molecular weight is 265 g/mol. The van der Waals surface area contributed by atoms with Crippen molar-refractivity contribution in [3.8, 4) is 5.75 Å². The lowest BCUT2D eigenvalue weighted by molar-refractivity contribution is -0.149. The fourth-order valence-corrected chi connectivity index (χ4v) is 1.69. The van der Waals surface area contributed by atoms with Gasteiger partial charge in [-0.3, -0.25) is 0 Å². The number of carbonyl (C=O) groups excluding carboxylic acids is 1. The molecule has 106 valence electrons. The normalized spacial score (nSPS) is 13.8. The van der Waals surface area contributed by atoms with E-state index in [1.807, 2.05) is 52.0 Å². The van der Waals surface area contributed by atoms with Crippen LogP contribution in [0.4, 0.5) is 5.69 Å². The van der Waals surface area contributed by atoms with Crippen LogP contribution in [0.3, 0.4) is 0 Å². The van der Waals surface area contributed by atoms with Crippen LogP contribution in [0, 0.1) is 5.92 Å². The maximum Gasteiger partial charge on any atom is 0.331 e. The monoisotopic (exact) mass is 265 g/mol. The first-order chi connectivity index (χ1) is 8.93. The van der Waals surface area contributed by atoms with Crippen LogP contribution in [-0.4, -0.2) is 25.2 Å². The predicted molar refractivity (Wildman–Crippen MR) is 76.5 cm³/mol. The number of hydrogen-bond acceptors (Lipinski definition) is 4. The summed E-state index contributed by atoms with van der Waals surface area (Å²) in [6.07, 6.45) is 0. The lowest BCUT2D eigenvalue weighted by Crippen LogP contribution is -2.49. The lowest BCUT2D eigenvalue weighted by atomic mass is 9.88. The quantitative estimate of drug-likeness (QED) is 0.803. The number of hydrogen-bond donors (Lipinski definition) is 1. The molecule has 4 heteroatoms. The Balaban J connectivity index is 2.91. The summed E-state index contributed by atoms with van der Waals surface area (Å²) in [5, 5.41) is 3.26. The van der Waals surface area contributed by atoms with Gasteiger partial charge in [-0.1, -0.05) is 13.8 Å². The van der Waals surface area contributed by atoms with Gasteiger partial charge in [-0.15, -0.1) is 0 Å². The minimum atomic E-state index is -0.745. The van der Waals surface area contributed by atoms with Gasteiger partial charge in [0.15, 0.2) is 0 Å². The number of anilines is 1. The number of carbonyl (C=O) groups is 1. The molecular formula is C15H23NO3. The third kappa shape index (κ3) is 3.63. The molecule has 1 N–H and O–H groups in total. The molecule has 1 unspecified atom stereocenters. The van der Waals surface area contributed by atoms with E-state index in [9.17, 15) is 4.79 Å². The predicted octanol–water partition coefficient (Wildman–Crippen LogP) is 3.08. The Labute approximate surface area is 115 Å². The zero-order chi connectivity index (χ0) is 14.5. The molecule has 0 aromatic heterocycles. The molecule has 0 aliphatic rings. The van der Waals surface area contributed by atoms with E-state index in [1.54, 1.807) is 7.11 Å². The summed E-state index contributed by atoms with van der Waals surface area (Å²) in [5.74, 6) is 0.655. The molecular weight excluding hydrogens is 242 g/mol. The van der Waals surface area contributed by atoms with E-state index in [1.165, 1.54) is 0 Å². The van der Waals surface area contributed by atoms with E-state index in [0.29, 0.717) is 6.61 Å². The van der Waals surface area contributed by atoms with Crippen molar-refractivity contribution in [2.45, 2.75) is 33.2 Å². The Morgan fingerprint density at radius 2 is 1.89 bits per heavy atom. The number of rotatable bonds is 6. The molecule has 0 heterocycles. The van der Waals surface area contributed by atoms with Gasteiger partial charge in [-0.25, -0.2) is 4.79 Å². The van der Waals surface area contributed by atoms with Gasteiger partial charge in [-0.05, 0) is 44.0 Å². The molecule has 0 saturated heterocycles. The van der Waals surface area contributed by atoms with Crippen LogP contribution in [0.1, 0.15) is 27.7 Å².